The van der Waals surface area contributed by atoms with E-state index in [2.05, 4.69) is 57.3 Å². The van der Waals surface area contributed by atoms with Gasteiger partial charge in [-0.05, 0) is 42.0 Å². The maximum absolute atomic E-state index is 5.72. The smallest absolute Gasteiger partial charge is 0.0205 e. The van der Waals surface area contributed by atoms with Gasteiger partial charge in [0.25, 0.3) is 0 Å². The molecule has 0 fully saturated rings. The Kier molecular flexibility index (Phi) is 5.83. The number of hydrogen-bond acceptors (Lipinski definition) is 2. The molecule has 2 heteroatoms. The fourth-order valence-electron chi connectivity index (χ4n) is 1.78. The highest BCUT2D eigenvalue weighted by atomic mass is 14.8. The second-order valence-electron chi connectivity index (χ2n) is 6.19. The van der Waals surface area contributed by atoms with Crippen LogP contribution in [0, 0.1) is 5.41 Å². The van der Waals surface area contributed by atoms with Crippen LogP contribution in [-0.2, 0) is 6.54 Å². The lowest BCUT2D eigenvalue weighted by atomic mass is 9.90. The largest absolute Gasteiger partial charge is 0.330 e. The molecule has 0 amide bonds. The van der Waals surface area contributed by atoms with Crippen molar-refractivity contribution in [3.05, 3.63) is 35.4 Å². The maximum Gasteiger partial charge on any atom is 0.0205 e. The summed E-state index contributed by atoms with van der Waals surface area (Å²) in [6.07, 6.45) is 1.12. The third kappa shape index (κ3) is 5.19. The normalized spacial score (nSPS) is 12.1. The van der Waals surface area contributed by atoms with Gasteiger partial charge in [-0.15, -0.1) is 0 Å². The molecule has 0 aromatic heterocycles. The molecule has 0 atom stereocenters. The molecule has 0 aliphatic heterocycles. The molecule has 2 nitrogen and oxygen atoms in total. The van der Waals surface area contributed by atoms with Gasteiger partial charge in [0.2, 0.25) is 0 Å². The lowest BCUT2D eigenvalue weighted by Crippen LogP contribution is -2.28. The van der Waals surface area contributed by atoms with Crippen molar-refractivity contribution in [1.82, 2.24) is 5.32 Å². The second-order valence-corrected chi connectivity index (χ2v) is 6.19. The van der Waals surface area contributed by atoms with Crippen LogP contribution >= 0.6 is 0 Å². The molecule has 0 unspecified atom stereocenters. The molecule has 102 valence electrons. The summed E-state index contributed by atoms with van der Waals surface area (Å²) in [6.45, 7) is 11.6. The summed E-state index contributed by atoms with van der Waals surface area (Å²) >= 11 is 0. The van der Waals surface area contributed by atoms with Crippen LogP contribution in [0.15, 0.2) is 24.3 Å². The van der Waals surface area contributed by atoms with E-state index in [1.54, 1.807) is 0 Å². The van der Waals surface area contributed by atoms with E-state index < -0.39 is 0 Å². The molecule has 0 aliphatic carbocycles. The van der Waals surface area contributed by atoms with Gasteiger partial charge in [-0.1, -0.05) is 52.0 Å². The van der Waals surface area contributed by atoms with Gasteiger partial charge >= 0.3 is 0 Å². The summed E-state index contributed by atoms with van der Waals surface area (Å²) < 4.78 is 0. The van der Waals surface area contributed by atoms with Crippen LogP contribution in [0.1, 0.15) is 51.2 Å². The third-order valence-electron chi connectivity index (χ3n) is 3.51. The van der Waals surface area contributed by atoms with Crippen LogP contribution in [0.3, 0.4) is 0 Å². The van der Waals surface area contributed by atoms with E-state index in [0.29, 0.717) is 5.92 Å². The van der Waals surface area contributed by atoms with Crippen molar-refractivity contribution in [2.75, 3.05) is 13.1 Å². The molecule has 1 rings (SSSR count). The fourth-order valence-corrected chi connectivity index (χ4v) is 1.78. The molecule has 18 heavy (non-hydrogen) atoms. The van der Waals surface area contributed by atoms with Gasteiger partial charge in [0.1, 0.15) is 0 Å². The summed E-state index contributed by atoms with van der Waals surface area (Å²) in [5, 5.41) is 3.49. The lowest BCUT2D eigenvalue weighted by molar-refractivity contribution is 0.339. The van der Waals surface area contributed by atoms with Crippen LogP contribution in [0.5, 0.6) is 0 Å². The average molecular weight is 248 g/mol. The van der Waals surface area contributed by atoms with Gasteiger partial charge in [0.15, 0.2) is 0 Å². The Balaban J connectivity index is 2.32. The minimum absolute atomic E-state index is 0.245. The van der Waals surface area contributed by atoms with Crippen molar-refractivity contribution in [3.8, 4) is 0 Å². The van der Waals surface area contributed by atoms with E-state index in [0.717, 1.165) is 26.1 Å². The molecule has 0 aliphatic rings. The van der Waals surface area contributed by atoms with Crippen molar-refractivity contribution < 1.29 is 0 Å². The molecule has 0 heterocycles. The average Bonchev–Trinajstić information content (AvgIpc) is 2.35. The van der Waals surface area contributed by atoms with Gasteiger partial charge in [-0.25, -0.2) is 0 Å². The number of nitrogens with one attached hydrogen (secondary N) is 1. The van der Waals surface area contributed by atoms with E-state index in [4.69, 9.17) is 5.73 Å². The summed E-state index contributed by atoms with van der Waals surface area (Å²) in [7, 11) is 0. The van der Waals surface area contributed by atoms with Gasteiger partial charge in [-0.3, -0.25) is 0 Å². The minimum Gasteiger partial charge on any atom is -0.330 e. The number of benzene rings is 1. The van der Waals surface area contributed by atoms with Crippen LogP contribution in [0.2, 0.25) is 0 Å². The standard InChI is InChI=1S/C16H28N2/c1-13(2)15-7-5-14(6-8-15)11-18-10-9-16(3,4)12-17/h5-8,13,18H,9-12,17H2,1-4H3. The lowest BCUT2D eigenvalue weighted by Gasteiger charge is -2.22. The van der Waals surface area contributed by atoms with Crippen LogP contribution in [0.25, 0.3) is 0 Å². The molecule has 0 saturated heterocycles. The van der Waals surface area contributed by atoms with Crippen molar-refractivity contribution in [2.45, 2.75) is 46.6 Å². The van der Waals surface area contributed by atoms with Crippen molar-refractivity contribution in [1.29, 1.82) is 0 Å². The van der Waals surface area contributed by atoms with Crippen molar-refractivity contribution in [3.63, 3.8) is 0 Å². The Hall–Kier alpha value is -0.860. The van der Waals surface area contributed by atoms with Crippen molar-refractivity contribution >= 4 is 0 Å². The first-order chi connectivity index (χ1) is 8.44. The zero-order valence-electron chi connectivity index (χ0n) is 12.3. The number of hydrogen-bond donors (Lipinski definition) is 2. The van der Waals surface area contributed by atoms with Gasteiger partial charge in [0.05, 0.1) is 0 Å². The van der Waals surface area contributed by atoms with E-state index in [9.17, 15) is 0 Å². The zero-order valence-corrected chi connectivity index (χ0v) is 12.3. The molecule has 3 N–H and O–H groups in total. The first-order valence-electron chi connectivity index (χ1n) is 6.94. The molecule has 0 spiro atoms. The third-order valence-corrected chi connectivity index (χ3v) is 3.51. The topological polar surface area (TPSA) is 38.0 Å². The second kappa shape index (κ2) is 6.91. The molecule has 0 saturated carbocycles. The van der Waals surface area contributed by atoms with E-state index >= 15 is 0 Å². The highest BCUT2D eigenvalue weighted by Gasteiger charge is 2.14. The predicted octanol–water partition coefficient (Wildman–Crippen LogP) is 3.27. The molecule has 0 radical (unpaired) electrons. The Bertz CT molecular complexity index is 339. The first-order valence-corrected chi connectivity index (χ1v) is 6.94. The van der Waals surface area contributed by atoms with E-state index in [1.165, 1.54) is 11.1 Å². The monoisotopic (exact) mass is 248 g/mol. The maximum atomic E-state index is 5.72. The Morgan fingerprint density at radius 1 is 1.17 bits per heavy atom. The molecular weight excluding hydrogens is 220 g/mol. The molecule has 0 bridgehead atoms. The Labute approximate surface area is 112 Å². The quantitative estimate of drug-likeness (QED) is 0.727. The summed E-state index contributed by atoms with van der Waals surface area (Å²) in [4.78, 5) is 0. The van der Waals surface area contributed by atoms with Gasteiger partial charge in [-0.2, -0.15) is 0 Å². The van der Waals surface area contributed by atoms with Crippen LogP contribution in [-0.4, -0.2) is 13.1 Å². The highest BCUT2D eigenvalue weighted by molar-refractivity contribution is 5.24. The molecule has 1 aromatic rings. The SMILES string of the molecule is CC(C)c1ccc(CNCCC(C)(C)CN)cc1. The van der Waals surface area contributed by atoms with Crippen LogP contribution < -0.4 is 11.1 Å². The highest BCUT2D eigenvalue weighted by Crippen LogP contribution is 2.17. The number of rotatable bonds is 7. The Morgan fingerprint density at radius 3 is 2.28 bits per heavy atom. The van der Waals surface area contributed by atoms with Gasteiger partial charge < -0.3 is 11.1 Å². The van der Waals surface area contributed by atoms with E-state index in [1.807, 2.05) is 0 Å². The fraction of sp³-hybridized carbons (Fsp3) is 0.625. The predicted molar refractivity (Wildman–Crippen MR) is 79.7 cm³/mol. The molecule has 1 aromatic carbocycles. The van der Waals surface area contributed by atoms with Crippen molar-refractivity contribution in [2.24, 2.45) is 11.1 Å². The van der Waals surface area contributed by atoms with Crippen LogP contribution in [0.4, 0.5) is 0 Å². The van der Waals surface area contributed by atoms with E-state index in [-0.39, 0.29) is 5.41 Å². The zero-order chi connectivity index (χ0) is 13.6. The minimum atomic E-state index is 0.245. The Morgan fingerprint density at radius 2 is 1.78 bits per heavy atom. The van der Waals surface area contributed by atoms with Gasteiger partial charge in [0, 0.05) is 6.54 Å². The first kappa shape index (κ1) is 15.2. The summed E-state index contributed by atoms with van der Waals surface area (Å²) in [5.74, 6) is 0.609. The summed E-state index contributed by atoms with van der Waals surface area (Å²) in [5.41, 5.74) is 8.72. The molecular formula is C16H28N2. The summed E-state index contributed by atoms with van der Waals surface area (Å²) in [6, 6.07) is 8.89. The number of nitrogens with two attached hydrogens (primary N) is 1.